The Morgan fingerprint density at radius 3 is 3.00 bits per heavy atom. The van der Waals surface area contributed by atoms with Gasteiger partial charge in [0.1, 0.15) is 0 Å². The summed E-state index contributed by atoms with van der Waals surface area (Å²) in [6, 6.07) is 1.78. The maximum atomic E-state index is 12.4. The summed E-state index contributed by atoms with van der Waals surface area (Å²) in [6.45, 7) is 3.67. The molecule has 0 saturated carbocycles. The molecule has 102 valence electrons. The van der Waals surface area contributed by atoms with Crippen LogP contribution in [0.25, 0.3) is 0 Å². The molecule has 2 rings (SSSR count). The molecular formula is C11H20N4O2S. The van der Waals surface area contributed by atoms with Crippen molar-refractivity contribution in [3.63, 3.8) is 0 Å². The van der Waals surface area contributed by atoms with Gasteiger partial charge in [-0.3, -0.25) is 5.10 Å². The molecule has 0 spiro atoms. The van der Waals surface area contributed by atoms with Crippen molar-refractivity contribution in [1.82, 2.24) is 18.8 Å². The predicted octanol–water partition coefficient (Wildman–Crippen LogP) is 0.818. The average Bonchev–Trinajstić information content (AvgIpc) is 2.81. The van der Waals surface area contributed by atoms with E-state index >= 15 is 0 Å². The molecule has 1 saturated heterocycles. The zero-order valence-corrected chi connectivity index (χ0v) is 11.7. The molecule has 1 fully saturated rings. The second kappa shape index (κ2) is 5.38. The van der Waals surface area contributed by atoms with E-state index in [1.54, 1.807) is 23.6 Å². The minimum absolute atomic E-state index is 0.327. The molecule has 1 N–H and O–H groups in total. The van der Waals surface area contributed by atoms with Gasteiger partial charge in [-0.25, -0.2) is 0 Å². The van der Waals surface area contributed by atoms with Gasteiger partial charge in [0, 0.05) is 26.3 Å². The highest BCUT2D eigenvalue weighted by Crippen LogP contribution is 2.20. The van der Waals surface area contributed by atoms with Crippen LogP contribution in [0.15, 0.2) is 12.3 Å². The first-order valence-corrected chi connectivity index (χ1v) is 7.59. The van der Waals surface area contributed by atoms with E-state index in [9.17, 15) is 8.42 Å². The van der Waals surface area contributed by atoms with Crippen LogP contribution in [0.2, 0.25) is 0 Å². The fourth-order valence-corrected chi connectivity index (χ4v) is 3.75. The standard InChI is InChI=1S/C11H20N4O2S/c1-10-4-3-7-15(8-10)18(16,17)14(2)9-11-5-6-12-13-11/h5-6,10H,3-4,7-9H2,1-2H3,(H,12,13)/t10-/m0/s1. The molecule has 1 aliphatic heterocycles. The van der Waals surface area contributed by atoms with Gasteiger partial charge in [0.2, 0.25) is 0 Å². The van der Waals surface area contributed by atoms with E-state index in [2.05, 4.69) is 17.1 Å². The molecule has 0 bridgehead atoms. The summed E-state index contributed by atoms with van der Waals surface area (Å²) in [7, 11) is -1.75. The normalized spacial score (nSPS) is 22.5. The number of nitrogens with zero attached hydrogens (tertiary/aromatic N) is 3. The Bertz CT molecular complexity index is 471. The molecule has 1 aromatic heterocycles. The van der Waals surface area contributed by atoms with Gasteiger partial charge in [-0.2, -0.15) is 22.1 Å². The Morgan fingerprint density at radius 1 is 1.61 bits per heavy atom. The van der Waals surface area contributed by atoms with Gasteiger partial charge < -0.3 is 0 Å². The van der Waals surface area contributed by atoms with E-state index in [0.717, 1.165) is 18.5 Å². The SMILES string of the molecule is C[C@H]1CCCN(S(=O)(=O)N(C)Cc2ccn[nH]2)C1. The van der Waals surface area contributed by atoms with Crippen molar-refractivity contribution in [2.75, 3.05) is 20.1 Å². The zero-order valence-electron chi connectivity index (χ0n) is 10.8. The Hall–Kier alpha value is -0.920. The maximum absolute atomic E-state index is 12.4. The highest BCUT2D eigenvalue weighted by Gasteiger charge is 2.30. The van der Waals surface area contributed by atoms with Crippen LogP contribution in [0.1, 0.15) is 25.5 Å². The van der Waals surface area contributed by atoms with Crippen LogP contribution in [-0.4, -0.2) is 47.4 Å². The number of hydrogen-bond donors (Lipinski definition) is 1. The number of nitrogens with one attached hydrogen (secondary N) is 1. The summed E-state index contributed by atoms with van der Waals surface area (Å²) in [5, 5.41) is 6.60. The van der Waals surface area contributed by atoms with E-state index in [0.29, 0.717) is 25.6 Å². The second-order valence-corrected chi connectivity index (χ2v) is 6.99. The predicted molar refractivity (Wildman–Crippen MR) is 68.9 cm³/mol. The fourth-order valence-electron chi connectivity index (χ4n) is 2.25. The molecular weight excluding hydrogens is 252 g/mol. The summed E-state index contributed by atoms with van der Waals surface area (Å²) in [4.78, 5) is 0. The first-order chi connectivity index (χ1) is 8.50. The van der Waals surface area contributed by atoms with Crippen molar-refractivity contribution in [1.29, 1.82) is 0 Å². The number of rotatable bonds is 4. The molecule has 0 amide bonds. The third-order valence-corrected chi connectivity index (χ3v) is 5.19. The largest absolute Gasteiger partial charge is 0.282 e. The minimum Gasteiger partial charge on any atom is -0.281 e. The van der Waals surface area contributed by atoms with Crippen molar-refractivity contribution in [3.05, 3.63) is 18.0 Å². The Morgan fingerprint density at radius 2 is 2.39 bits per heavy atom. The quantitative estimate of drug-likeness (QED) is 0.882. The second-order valence-electron chi connectivity index (χ2n) is 4.95. The van der Waals surface area contributed by atoms with Crippen LogP contribution < -0.4 is 0 Å². The number of hydrogen-bond acceptors (Lipinski definition) is 3. The molecule has 2 heterocycles. The van der Waals surface area contributed by atoms with Crippen molar-refractivity contribution in [3.8, 4) is 0 Å². The van der Waals surface area contributed by atoms with Crippen molar-refractivity contribution in [2.45, 2.75) is 26.3 Å². The first-order valence-electron chi connectivity index (χ1n) is 6.20. The molecule has 1 aromatic rings. The van der Waals surface area contributed by atoms with Crippen LogP contribution in [-0.2, 0) is 16.8 Å². The van der Waals surface area contributed by atoms with E-state index in [-0.39, 0.29) is 0 Å². The summed E-state index contributed by atoms with van der Waals surface area (Å²) in [6.07, 6.45) is 3.67. The zero-order chi connectivity index (χ0) is 13.2. The minimum atomic E-state index is -3.35. The lowest BCUT2D eigenvalue weighted by molar-refractivity contribution is 0.262. The summed E-state index contributed by atoms with van der Waals surface area (Å²) in [5.74, 6) is 0.439. The lowest BCUT2D eigenvalue weighted by Gasteiger charge is -2.32. The molecule has 0 unspecified atom stereocenters. The highest BCUT2D eigenvalue weighted by atomic mass is 32.2. The van der Waals surface area contributed by atoms with Crippen LogP contribution in [0.5, 0.6) is 0 Å². The van der Waals surface area contributed by atoms with E-state index in [1.807, 2.05) is 0 Å². The van der Waals surface area contributed by atoms with Gasteiger partial charge in [0.25, 0.3) is 10.2 Å². The van der Waals surface area contributed by atoms with Crippen molar-refractivity contribution < 1.29 is 8.42 Å². The number of aromatic amines is 1. The molecule has 1 aliphatic rings. The monoisotopic (exact) mass is 272 g/mol. The summed E-state index contributed by atoms with van der Waals surface area (Å²) >= 11 is 0. The van der Waals surface area contributed by atoms with Crippen molar-refractivity contribution >= 4 is 10.2 Å². The summed E-state index contributed by atoms with van der Waals surface area (Å²) < 4.78 is 27.7. The lowest BCUT2D eigenvalue weighted by Crippen LogP contribution is -2.46. The average molecular weight is 272 g/mol. The lowest BCUT2D eigenvalue weighted by atomic mass is 10.0. The van der Waals surface area contributed by atoms with E-state index < -0.39 is 10.2 Å². The maximum Gasteiger partial charge on any atom is 0.282 e. The van der Waals surface area contributed by atoms with Crippen LogP contribution in [0.4, 0.5) is 0 Å². The summed E-state index contributed by atoms with van der Waals surface area (Å²) in [5.41, 5.74) is 0.797. The van der Waals surface area contributed by atoms with Gasteiger partial charge in [-0.1, -0.05) is 6.92 Å². The molecule has 0 aromatic carbocycles. The van der Waals surface area contributed by atoms with Crippen LogP contribution in [0.3, 0.4) is 0 Å². The van der Waals surface area contributed by atoms with Gasteiger partial charge in [-0.15, -0.1) is 0 Å². The Kier molecular flexibility index (Phi) is 4.04. The molecule has 7 heteroatoms. The first kappa shape index (κ1) is 13.5. The molecule has 1 atom stereocenters. The third kappa shape index (κ3) is 2.90. The number of aromatic nitrogens is 2. The Balaban J connectivity index is 2.05. The van der Waals surface area contributed by atoms with E-state index in [1.165, 1.54) is 4.31 Å². The molecule has 0 aliphatic carbocycles. The third-order valence-electron chi connectivity index (χ3n) is 3.29. The highest BCUT2D eigenvalue weighted by molar-refractivity contribution is 7.86. The number of piperidine rings is 1. The van der Waals surface area contributed by atoms with E-state index in [4.69, 9.17) is 0 Å². The molecule has 6 nitrogen and oxygen atoms in total. The van der Waals surface area contributed by atoms with Gasteiger partial charge in [-0.05, 0) is 24.8 Å². The van der Waals surface area contributed by atoms with Gasteiger partial charge >= 0.3 is 0 Å². The van der Waals surface area contributed by atoms with Crippen LogP contribution >= 0.6 is 0 Å². The topological polar surface area (TPSA) is 69.3 Å². The number of H-pyrrole nitrogens is 1. The smallest absolute Gasteiger partial charge is 0.281 e. The van der Waals surface area contributed by atoms with Gasteiger partial charge in [0.05, 0.1) is 12.2 Å². The fraction of sp³-hybridized carbons (Fsp3) is 0.727. The molecule has 0 radical (unpaired) electrons. The Labute approximate surface area is 108 Å². The van der Waals surface area contributed by atoms with Crippen molar-refractivity contribution in [2.24, 2.45) is 5.92 Å². The molecule has 18 heavy (non-hydrogen) atoms. The van der Waals surface area contributed by atoms with Crippen LogP contribution in [0, 0.1) is 5.92 Å². The van der Waals surface area contributed by atoms with Gasteiger partial charge in [0.15, 0.2) is 0 Å².